The predicted octanol–water partition coefficient (Wildman–Crippen LogP) is 2.76. The summed E-state index contributed by atoms with van der Waals surface area (Å²) in [6, 6.07) is 0.163. The van der Waals surface area contributed by atoms with Gasteiger partial charge in [0.15, 0.2) is 0 Å². The lowest BCUT2D eigenvalue weighted by atomic mass is 10.1. The quantitative estimate of drug-likeness (QED) is 0.239. The van der Waals surface area contributed by atoms with Crippen LogP contribution in [0.5, 0.6) is 0 Å². The van der Waals surface area contributed by atoms with E-state index in [1.807, 2.05) is 0 Å². The van der Waals surface area contributed by atoms with Gasteiger partial charge in [0, 0.05) is 15.4 Å². The van der Waals surface area contributed by atoms with Gasteiger partial charge < -0.3 is 0 Å². The lowest BCUT2D eigenvalue weighted by Gasteiger charge is -2.09. The Hall–Kier alpha value is 0.0400. The zero-order chi connectivity index (χ0) is 7.28. The van der Waals surface area contributed by atoms with Crippen molar-refractivity contribution in [2.24, 2.45) is 11.0 Å². The molecule has 0 aliphatic rings. The highest BCUT2D eigenvalue weighted by Crippen LogP contribution is 2.08. The standard InChI is InChI=1S/C5H10IN3/c1-4(2)5(3-6)8-9-7/h4-5H,3H2,1-2H3/t5-/m1/s1. The summed E-state index contributed by atoms with van der Waals surface area (Å²) >= 11 is 2.22. The van der Waals surface area contributed by atoms with Gasteiger partial charge in [-0.1, -0.05) is 41.6 Å². The van der Waals surface area contributed by atoms with Crippen LogP contribution in [-0.2, 0) is 0 Å². The summed E-state index contributed by atoms with van der Waals surface area (Å²) in [5.74, 6) is 0.456. The van der Waals surface area contributed by atoms with E-state index in [0.29, 0.717) is 5.92 Å². The van der Waals surface area contributed by atoms with E-state index in [-0.39, 0.29) is 6.04 Å². The molecule has 0 radical (unpaired) electrons. The molecule has 0 aromatic rings. The number of alkyl halides is 1. The van der Waals surface area contributed by atoms with Crippen molar-refractivity contribution in [3.63, 3.8) is 0 Å². The molecule has 1 atom stereocenters. The monoisotopic (exact) mass is 239 g/mol. The highest BCUT2D eigenvalue weighted by Gasteiger charge is 2.07. The molecule has 0 aromatic carbocycles. The molecule has 0 saturated heterocycles. The van der Waals surface area contributed by atoms with Crippen LogP contribution in [0.2, 0.25) is 0 Å². The van der Waals surface area contributed by atoms with Crippen LogP contribution in [0.1, 0.15) is 13.8 Å². The molecule has 0 bridgehead atoms. The summed E-state index contributed by atoms with van der Waals surface area (Å²) in [4.78, 5) is 2.75. The van der Waals surface area contributed by atoms with Gasteiger partial charge in [-0.25, -0.2) is 0 Å². The van der Waals surface area contributed by atoms with Gasteiger partial charge >= 0.3 is 0 Å². The van der Waals surface area contributed by atoms with Crippen molar-refractivity contribution in [3.05, 3.63) is 10.4 Å². The van der Waals surface area contributed by atoms with Crippen LogP contribution < -0.4 is 0 Å². The molecule has 0 unspecified atom stereocenters. The maximum Gasteiger partial charge on any atom is 0.0486 e. The average molecular weight is 239 g/mol. The fraction of sp³-hybridized carbons (Fsp3) is 1.00. The SMILES string of the molecule is CC(C)[C@@H](CI)N=[N+]=[N-]. The third-order valence-corrected chi connectivity index (χ3v) is 2.03. The summed E-state index contributed by atoms with van der Waals surface area (Å²) in [6.07, 6.45) is 0. The number of rotatable bonds is 3. The Labute approximate surface area is 68.6 Å². The second-order valence-corrected chi connectivity index (χ2v) is 3.05. The Morgan fingerprint density at radius 3 is 2.33 bits per heavy atom. The summed E-state index contributed by atoms with van der Waals surface area (Å²) in [7, 11) is 0. The van der Waals surface area contributed by atoms with Gasteiger partial charge in [0.25, 0.3) is 0 Å². The first-order valence-electron chi connectivity index (χ1n) is 2.82. The molecule has 4 heteroatoms. The van der Waals surface area contributed by atoms with E-state index in [1.165, 1.54) is 0 Å². The first-order chi connectivity index (χ1) is 4.22. The van der Waals surface area contributed by atoms with Gasteiger partial charge in [-0.05, 0) is 11.4 Å². The van der Waals surface area contributed by atoms with Crippen molar-refractivity contribution >= 4 is 22.6 Å². The van der Waals surface area contributed by atoms with Gasteiger partial charge in [0.05, 0.1) is 0 Å². The molecule has 9 heavy (non-hydrogen) atoms. The summed E-state index contributed by atoms with van der Waals surface area (Å²) in [6.45, 7) is 4.11. The number of nitrogens with zero attached hydrogens (tertiary/aromatic N) is 3. The van der Waals surface area contributed by atoms with Crippen molar-refractivity contribution in [1.29, 1.82) is 0 Å². The Balaban J connectivity index is 3.82. The minimum absolute atomic E-state index is 0.163. The molecule has 52 valence electrons. The Kier molecular flexibility index (Phi) is 4.90. The van der Waals surface area contributed by atoms with Gasteiger partial charge in [0.1, 0.15) is 0 Å². The lowest BCUT2D eigenvalue weighted by Crippen LogP contribution is -2.12. The van der Waals surface area contributed by atoms with E-state index in [9.17, 15) is 0 Å². The highest BCUT2D eigenvalue weighted by molar-refractivity contribution is 14.1. The molecule has 0 fully saturated rings. The predicted molar refractivity (Wildman–Crippen MR) is 46.7 cm³/mol. The first kappa shape index (κ1) is 9.04. The van der Waals surface area contributed by atoms with E-state index in [2.05, 4.69) is 46.5 Å². The highest BCUT2D eigenvalue weighted by atomic mass is 127. The molecular weight excluding hydrogens is 229 g/mol. The van der Waals surface area contributed by atoms with E-state index in [4.69, 9.17) is 5.53 Å². The second kappa shape index (κ2) is 4.88. The fourth-order valence-electron chi connectivity index (χ4n) is 0.409. The van der Waals surface area contributed by atoms with E-state index < -0.39 is 0 Å². The Morgan fingerprint density at radius 1 is 1.67 bits per heavy atom. The van der Waals surface area contributed by atoms with Crippen molar-refractivity contribution in [1.82, 2.24) is 0 Å². The lowest BCUT2D eigenvalue weighted by molar-refractivity contribution is 0.538. The number of halogens is 1. The van der Waals surface area contributed by atoms with Gasteiger partial charge in [-0.3, -0.25) is 0 Å². The molecule has 0 saturated carbocycles. The van der Waals surface area contributed by atoms with Crippen molar-refractivity contribution < 1.29 is 0 Å². The zero-order valence-corrected chi connectivity index (χ0v) is 7.74. The number of hydrogen-bond donors (Lipinski definition) is 0. The topological polar surface area (TPSA) is 48.8 Å². The Bertz CT molecular complexity index is 117. The van der Waals surface area contributed by atoms with E-state index in [0.717, 1.165) is 4.43 Å². The van der Waals surface area contributed by atoms with Crippen molar-refractivity contribution in [3.8, 4) is 0 Å². The minimum Gasteiger partial charge on any atom is -0.0896 e. The molecule has 0 aliphatic carbocycles. The molecule has 0 aliphatic heterocycles. The normalized spacial score (nSPS) is 12.9. The maximum atomic E-state index is 8.07. The van der Waals surface area contributed by atoms with Crippen LogP contribution in [0, 0.1) is 5.92 Å². The second-order valence-electron chi connectivity index (χ2n) is 2.17. The molecule has 0 aromatic heterocycles. The van der Waals surface area contributed by atoms with Crippen LogP contribution in [0.15, 0.2) is 5.11 Å². The van der Waals surface area contributed by atoms with Crippen LogP contribution >= 0.6 is 22.6 Å². The number of hydrogen-bond acceptors (Lipinski definition) is 1. The van der Waals surface area contributed by atoms with Crippen LogP contribution in [0.25, 0.3) is 10.4 Å². The summed E-state index contributed by atoms with van der Waals surface area (Å²) < 4.78 is 0.902. The molecule has 0 rings (SSSR count). The third kappa shape index (κ3) is 3.59. The molecule has 0 N–H and O–H groups in total. The number of azide groups is 1. The largest absolute Gasteiger partial charge is 0.0896 e. The molecule has 0 amide bonds. The molecule has 0 heterocycles. The fourth-order valence-corrected chi connectivity index (χ4v) is 1.60. The van der Waals surface area contributed by atoms with E-state index >= 15 is 0 Å². The van der Waals surface area contributed by atoms with Crippen molar-refractivity contribution in [2.45, 2.75) is 19.9 Å². The van der Waals surface area contributed by atoms with Gasteiger partial charge in [-0.15, -0.1) is 0 Å². The smallest absolute Gasteiger partial charge is 0.0486 e. The Morgan fingerprint density at radius 2 is 2.22 bits per heavy atom. The zero-order valence-electron chi connectivity index (χ0n) is 5.58. The van der Waals surface area contributed by atoms with E-state index in [1.54, 1.807) is 0 Å². The molecule has 3 nitrogen and oxygen atoms in total. The average Bonchev–Trinajstić information content (AvgIpc) is 1.82. The first-order valence-corrected chi connectivity index (χ1v) is 4.35. The summed E-state index contributed by atoms with van der Waals surface area (Å²) in [5.41, 5.74) is 8.07. The third-order valence-electron chi connectivity index (χ3n) is 1.13. The van der Waals surface area contributed by atoms with Crippen LogP contribution in [0.3, 0.4) is 0 Å². The summed E-state index contributed by atoms with van der Waals surface area (Å²) in [5, 5.41) is 3.62. The van der Waals surface area contributed by atoms with Gasteiger partial charge in [0.2, 0.25) is 0 Å². The molecular formula is C5H10IN3. The van der Waals surface area contributed by atoms with Crippen molar-refractivity contribution in [2.75, 3.05) is 4.43 Å². The molecule has 0 spiro atoms. The van der Waals surface area contributed by atoms with Crippen LogP contribution in [-0.4, -0.2) is 10.5 Å². The minimum atomic E-state index is 0.163. The van der Waals surface area contributed by atoms with Crippen LogP contribution in [0.4, 0.5) is 0 Å². The van der Waals surface area contributed by atoms with Gasteiger partial charge in [-0.2, -0.15) is 0 Å². The maximum absolute atomic E-state index is 8.07.